The number of fused-ring (bicyclic) bond motifs is 1. The molecule has 12 nitrogen and oxygen atoms in total. The van der Waals surface area contributed by atoms with Gasteiger partial charge in [0.25, 0.3) is 5.91 Å². The van der Waals surface area contributed by atoms with Crippen molar-refractivity contribution < 1.29 is 38.7 Å². The number of hydrogen-bond acceptors (Lipinski definition) is 8. The second-order valence-corrected chi connectivity index (χ2v) is 10.6. The third kappa shape index (κ3) is 7.57. The fraction of sp³-hybridized carbons (Fsp3) is 0.296. The molecule has 0 bridgehead atoms. The number of hydroxylamine groups is 2. The van der Waals surface area contributed by atoms with Crippen LogP contribution in [0.1, 0.15) is 18.1 Å². The number of esters is 1. The number of aliphatic carboxylic acids is 1. The molecule has 0 saturated carbocycles. The van der Waals surface area contributed by atoms with Crippen LogP contribution in [0.2, 0.25) is 5.02 Å². The number of hydrogen-bond donors (Lipinski definition) is 3. The van der Waals surface area contributed by atoms with Gasteiger partial charge in [0.05, 0.1) is 0 Å². The second kappa shape index (κ2) is 13.5. The molecule has 0 aliphatic carbocycles. The van der Waals surface area contributed by atoms with Gasteiger partial charge in [-0.25, -0.2) is 9.59 Å². The van der Waals surface area contributed by atoms with E-state index in [-0.39, 0.29) is 36.8 Å². The summed E-state index contributed by atoms with van der Waals surface area (Å²) in [6, 6.07) is 14.3. The number of carbonyl (C=O) groups is 5. The van der Waals surface area contributed by atoms with E-state index in [0.717, 1.165) is 15.5 Å². The number of benzene rings is 2. The quantitative estimate of drug-likeness (QED) is 0.200. The van der Waals surface area contributed by atoms with Gasteiger partial charge in [0.15, 0.2) is 0 Å². The van der Waals surface area contributed by atoms with Crippen molar-refractivity contribution in [1.82, 2.24) is 20.6 Å². The summed E-state index contributed by atoms with van der Waals surface area (Å²) in [6.45, 7) is 0.571. The van der Waals surface area contributed by atoms with Crippen molar-refractivity contribution in [2.75, 3.05) is 18.9 Å². The lowest BCUT2D eigenvalue weighted by Crippen LogP contribution is -2.71. The summed E-state index contributed by atoms with van der Waals surface area (Å²) in [6.07, 6.45) is 0. The van der Waals surface area contributed by atoms with Gasteiger partial charge >= 0.3 is 18.0 Å². The second-order valence-electron chi connectivity index (χ2n) is 9.07. The number of nitrogens with zero attached hydrogens (tertiary/aromatic N) is 2. The molecule has 0 spiro atoms. The summed E-state index contributed by atoms with van der Waals surface area (Å²) in [5.74, 6) is -3.04. The number of nitrogens with one attached hydrogen (secondary N) is 2. The van der Waals surface area contributed by atoms with Crippen molar-refractivity contribution >= 4 is 53.1 Å². The maximum Gasteiger partial charge on any atom is 0.352 e. The SMILES string of the molecule is CC(=O)OCC1=C(C(=O)O)N2C(=O)[C@@H](NC(=O)CN(OCc3ccc(Cl)cc3)C(=O)NCc3ccccc3)C2SC1. The standard InChI is InChI=1S/C27H27ClN4O8S/c1-16(33)39-14-19-15-41-25-22(24(35)32(25)23(19)26(36)37)30-21(34)12-31(40-13-18-7-9-20(28)10-8-18)27(38)29-11-17-5-3-2-4-6-17/h2-10,22,25H,11-15H2,1H3,(H,29,38)(H,30,34)(H,36,37)/t22-,25?/m1/s1. The average molecular weight is 603 g/mol. The third-order valence-electron chi connectivity index (χ3n) is 6.12. The molecule has 2 aliphatic heterocycles. The summed E-state index contributed by atoms with van der Waals surface area (Å²) in [4.78, 5) is 68.6. The Morgan fingerprint density at radius 2 is 1.78 bits per heavy atom. The molecule has 0 aromatic heterocycles. The van der Waals surface area contributed by atoms with E-state index in [2.05, 4.69) is 10.6 Å². The Kier molecular flexibility index (Phi) is 9.86. The largest absolute Gasteiger partial charge is 0.477 e. The predicted octanol–water partition coefficient (Wildman–Crippen LogP) is 2.29. The lowest BCUT2D eigenvalue weighted by atomic mass is 10.0. The van der Waals surface area contributed by atoms with Gasteiger partial charge in [-0.05, 0) is 23.3 Å². The Labute approximate surface area is 244 Å². The normalized spacial score (nSPS) is 17.7. The van der Waals surface area contributed by atoms with Crippen molar-refractivity contribution in [3.8, 4) is 0 Å². The van der Waals surface area contributed by atoms with Gasteiger partial charge in [-0.3, -0.25) is 24.1 Å². The van der Waals surface area contributed by atoms with Crippen molar-refractivity contribution in [2.24, 2.45) is 0 Å². The van der Waals surface area contributed by atoms with Crippen LogP contribution in [-0.4, -0.2) is 75.2 Å². The Balaban J connectivity index is 1.40. The zero-order valence-corrected chi connectivity index (χ0v) is 23.4. The molecule has 1 saturated heterocycles. The first-order valence-electron chi connectivity index (χ1n) is 12.4. The molecule has 2 atom stereocenters. The van der Waals surface area contributed by atoms with Crippen LogP contribution in [0.4, 0.5) is 4.79 Å². The Bertz CT molecular complexity index is 1350. The summed E-state index contributed by atoms with van der Waals surface area (Å²) in [5.41, 5.74) is 1.56. The minimum Gasteiger partial charge on any atom is -0.477 e. The van der Waals surface area contributed by atoms with Crippen LogP contribution in [0.15, 0.2) is 65.9 Å². The molecule has 1 unspecified atom stereocenters. The van der Waals surface area contributed by atoms with E-state index in [0.29, 0.717) is 10.6 Å². The van der Waals surface area contributed by atoms with E-state index < -0.39 is 47.7 Å². The van der Waals surface area contributed by atoms with Crippen molar-refractivity contribution in [3.63, 3.8) is 0 Å². The van der Waals surface area contributed by atoms with Gasteiger partial charge in [0.2, 0.25) is 5.91 Å². The fourth-order valence-corrected chi connectivity index (χ4v) is 5.56. The van der Waals surface area contributed by atoms with Crippen LogP contribution in [0, 0.1) is 0 Å². The zero-order valence-electron chi connectivity index (χ0n) is 21.9. The number of ether oxygens (including phenoxy) is 1. The number of carboxylic acid groups (broad SMARTS) is 1. The van der Waals surface area contributed by atoms with Gasteiger partial charge in [0, 0.05) is 29.8 Å². The van der Waals surface area contributed by atoms with E-state index in [1.165, 1.54) is 18.7 Å². The molecule has 2 aliphatic rings. The maximum absolute atomic E-state index is 13.0. The highest BCUT2D eigenvalue weighted by Gasteiger charge is 2.54. The van der Waals surface area contributed by atoms with Crippen LogP contribution in [0.25, 0.3) is 0 Å². The summed E-state index contributed by atoms with van der Waals surface area (Å²) < 4.78 is 4.93. The number of thioether (sulfide) groups is 1. The van der Waals surface area contributed by atoms with Crippen molar-refractivity contribution in [2.45, 2.75) is 31.5 Å². The molecular weight excluding hydrogens is 576 g/mol. The van der Waals surface area contributed by atoms with E-state index in [9.17, 15) is 29.1 Å². The molecule has 1 fully saturated rings. The van der Waals surface area contributed by atoms with Crippen LogP contribution < -0.4 is 10.6 Å². The smallest absolute Gasteiger partial charge is 0.352 e. The highest BCUT2D eigenvalue weighted by atomic mass is 35.5. The first-order valence-corrected chi connectivity index (χ1v) is 13.9. The van der Waals surface area contributed by atoms with E-state index in [1.54, 1.807) is 24.3 Å². The zero-order chi connectivity index (χ0) is 29.5. The van der Waals surface area contributed by atoms with Gasteiger partial charge in [-0.2, -0.15) is 5.06 Å². The Morgan fingerprint density at radius 1 is 1.07 bits per heavy atom. The number of carbonyl (C=O) groups excluding carboxylic acids is 4. The number of urea groups is 1. The Hall–Kier alpha value is -4.07. The van der Waals surface area contributed by atoms with Gasteiger partial charge in [-0.1, -0.05) is 54.1 Å². The van der Waals surface area contributed by atoms with E-state index in [4.69, 9.17) is 21.2 Å². The number of carboxylic acids is 1. The molecule has 2 aromatic rings. The number of rotatable bonds is 11. The minimum absolute atomic E-state index is 0.0320. The van der Waals surface area contributed by atoms with Crippen LogP contribution in [0.3, 0.4) is 0 Å². The van der Waals surface area contributed by atoms with Gasteiger partial charge in [-0.15, -0.1) is 11.8 Å². The molecule has 14 heteroatoms. The highest BCUT2D eigenvalue weighted by molar-refractivity contribution is 8.00. The first kappa shape index (κ1) is 29.9. The monoisotopic (exact) mass is 602 g/mol. The lowest BCUT2D eigenvalue weighted by Gasteiger charge is -2.49. The number of halogens is 1. The molecule has 41 heavy (non-hydrogen) atoms. The highest BCUT2D eigenvalue weighted by Crippen LogP contribution is 2.40. The summed E-state index contributed by atoms with van der Waals surface area (Å²) in [5, 5.41) is 15.7. The predicted molar refractivity (Wildman–Crippen MR) is 148 cm³/mol. The number of β-lactam (4-membered cyclic amide) rings is 1. The Morgan fingerprint density at radius 3 is 2.44 bits per heavy atom. The van der Waals surface area contributed by atoms with Crippen LogP contribution in [0.5, 0.6) is 0 Å². The molecule has 0 radical (unpaired) electrons. The molecule has 2 heterocycles. The molecule has 4 rings (SSSR count). The molecular formula is C27H27ClN4O8S. The maximum atomic E-state index is 13.0. The first-order chi connectivity index (χ1) is 19.6. The van der Waals surface area contributed by atoms with Crippen molar-refractivity contribution in [3.05, 3.63) is 82.0 Å². The van der Waals surface area contributed by atoms with E-state index >= 15 is 0 Å². The van der Waals surface area contributed by atoms with E-state index in [1.807, 2.05) is 30.3 Å². The average Bonchev–Trinajstić information content (AvgIpc) is 2.96. The van der Waals surface area contributed by atoms with Crippen molar-refractivity contribution in [1.29, 1.82) is 0 Å². The fourth-order valence-electron chi connectivity index (χ4n) is 4.10. The molecule has 216 valence electrons. The lowest BCUT2D eigenvalue weighted by molar-refractivity contribution is -0.156. The van der Waals surface area contributed by atoms with Gasteiger partial charge in [0.1, 0.15) is 36.9 Å². The van der Waals surface area contributed by atoms with Crippen LogP contribution >= 0.6 is 23.4 Å². The summed E-state index contributed by atoms with van der Waals surface area (Å²) >= 11 is 7.16. The van der Waals surface area contributed by atoms with Gasteiger partial charge < -0.3 is 20.5 Å². The topological polar surface area (TPSA) is 155 Å². The minimum atomic E-state index is -1.34. The molecule has 3 N–H and O–H groups in total. The molecule has 4 amide bonds. The summed E-state index contributed by atoms with van der Waals surface area (Å²) in [7, 11) is 0. The van der Waals surface area contributed by atoms with Crippen LogP contribution in [-0.2, 0) is 41.9 Å². The molecule has 2 aromatic carbocycles. The number of amides is 4. The third-order valence-corrected chi connectivity index (χ3v) is 7.71.